The second-order valence-corrected chi connectivity index (χ2v) is 5.65. The van der Waals surface area contributed by atoms with Crippen LogP contribution in [-0.4, -0.2) is 48.7 Å². The van der Waals surface area contributed by atoms with Gasteiger partial charge in [-0.15, -0.1) is 0 Å². The van der Waals surface area contributed by atoms with Crippen molar-refractivity contribution in [1.29, 1.82) is 0 Å². The molecule has 7 nitrogen and oxygen atoms in total. The Morgan fingerprint density at radius 2 is 2.17 bits per heavy atom. The molecule has 0 bridgehead atoms. The highest BCUT2D eigenvalue weighted by Crippen LogP contribution is 2.26. The molecule has 2 aliphatic rings. The fraction of sp³-hybridized carbons (Fsp3) is 0.400. The quantitative estimate of drug-likeness (QED) is 0.786. The summed E-state index contributed by atoms with van der Waals surface area (Å²) >= 11 is 0. The van der Waals surface area contributed by atoms with Crippen molar-refractivity contribution in [2.24, 2.45) is 0 Å². The minimum atomic E-state index is -2.11. The summed E-state index contributed by atoms with van der Waals surface area (Å²) < 4.78 is 18.3. The standard InChI is InChI=1S/C15H16FN3O4/c1-23-13(21)15(16)7-19(8-15)14(22)18-5-9-2-3-10-6-17-12(20)11(10)4-9/h2-4H,5-8H2,1H3,(H,17,20)(H,18,22). The molecule has 0 aliphatic carbocycles. The highest BCUT2D eigenvalue weighted by molar-refractivity contribution is 5.98. The average molecular weight is 321 g/mol. The molecule has 1 aromatic rings. The molecule has 0 atom stereocenters. The first kappa shape index (κ1) is 15.3. The second kappa shape index (κ2) is 5.53. The number of alkyl halides is 1. The maximum atomic E-state index is 13.9. The molecule has 0 aromatic heterocycles. The lowest BCUT2D eigenvalue weighted by molar-refractivity contribution is -0.164. The lowest BCUT2D eigenvalue weighted by Gasteiger charge is -2.41. The highest BCUT2D eigenvalue weighted by Gasteiger charge is 2.53. The van der Waals surface area contributed by atoms with Crippen LogP contribution in [0.4, 0.5) is 9.18 Å². The molecule has 122 valence electrons. The largest absolute Gasteiger partial charge is 0.467 e. The summed E-state index contributed by atoms with van der Waals surface area (Å²) in [7, 11) is 1.11. The van der Waals surface area contributed by atoms with Crippen molar-refractivity contribution in [3.05, 3.63) is 34.9 Å². The van der Waals surface area contributed by atoms with Gasteiger partial charge in [-0.1, -0.05) is 12.1 Å². The van der Waals surface area contributed by atoms with Gasteiger partial charge in [-0.3, -0.25) is 4.79 Å². The molecule has 1 aromatic carbocycles. The molecule has 3 rings (SSSR count). The van der Waals surface area contributed by atoms with E-state index in [1.54, 1.807) is 6.07 Å². The number of nitrogens with one attached hydrogen (secondary N) is 2. The minimum absolute atomic E-state index is 0.129. The molecule has 0 unspecified atom stereocenters. The van der Waals surface area contributed by atoms with Crippen LogP contribution in [0.2, 0.25) is 0 Å². The summed E-state index contributed by atoms with van der Waals surface area (Å²) in [6.07, 6.45) is 0. The fourth-order valence-electron chi connectivity index (χ4n) is 2.67. The van der Waals surface area contributed by atoms with E-state index in [0.29, 0.717) is 12.1 Å². The van der Waals surface area contributed by atoms with Gasteiger partial charge in [0.25, 0.3) is 5.91 Å². The number of benzene rings is 1. The van der Waals surface area contributed by atoms with Crippen molar-refractivity contribution in [1.82, 2.24) is 15.5 Å². The van der Waals surface area contributed by atoms with Crippen LogP contribution in [0.25, 0.3) is 0 Å². The number of methoxy groups -OCH3 is 1. The van der Waals surface area contributed by atoms with Gasteiger partial charge in [-0.2, -0.15) is 0 Å². The first-order valence-corrected chi connectivity index (χ1v) is 7.13. The Hall–Kier alpha value is -2.64. The number of esters is 1. The zero-order chi connectivity index (χ0) is 16.6. The van der Waals surface area contributed by atoms with E-state index in [9.17, 15) is 18.8 Å². The molecular weight excluding hydrogens is 305 g/mol. The molecule has 1 saturated heterocycles. The molecular formula is C15H16FN3O4. The van der Waals surface area contributed by atoms with Crippen molar-refractivity contribution in [3.8, 4) is 0 Å². The van der Waals surface area contributed by atoms with Crippen LogP contribution in [-0.2, 0) is 22.6 Å². The Labute approximate surface area is 131 Å². The van der Waals surface area contributed by atoms with E-state index < -0.39 is 17.7 Å². The molecule has 2 N–H and O–H groups in total. The number of nitrogens with zero attached hydrogens (tertiary/aromatic N) is 1. The number of amides is 3. The van der Waals surface area contributed by atoms with Crippen LogP contribution in [0.1, 0.15) is 21.5 Å². The molecule has 0 saturated carbocycles. The van der Waals surface area contributed by atoms with E-state index in [0.717, 1.165) is 18.2 Å². The number of fused-ring (bicyclic) bond motifs is 1. The van der Waals surface area contributed by atoms with E-state index >= 15 is 0 Å². The number of hydrogen-bond donors (Lipinski definition) is 2. The van der Waals surface area contributed by atoms with Crippen molar-refractivity contribution in [2.75, 3.05) is 20.2 Å². The van der Waals surface area contributed by atoms with Gasteiger partial charge in [0.15, 0.2) is 0 Å². The number of likely N-dealkylation sites (tertiary alicyclic amines) is 1. The lowest BCUT2D eigenvalue weighted by atomic mass is 9.97. The minimum Gasteiger partial charge on any atom is -0.467 e. The summed E-state index contributed by atoms with van der Waals surface area (Å²) in [4.78, 5) is 35.9. The topological polar surface area (TPSA) is 87.7 Å². The molecule has 8 heteroatoms. The van der Waals surface area contributed by atoms with Gasteiger partial charge in [0, 0.05) is 18.7 Å². The van der Waals surface area contributed by atoms with Gasteiger partial charge in [0.2, 0.25) is 5.67 Å². The van der Waals surface area contributed by atoms with Gasteiger partial charge < -0.3 is 20.3 Å². The van der Waals surface area contributed by atoms with Gasteiger partial charge in [-0.25, -0.2) is 14.0 Å². The zero-order valence-corrected chi connectivity index (χ0v) is 12.5. The maximum Gasteiger partial charge on any atom is 0.347 e. The van der Waals surface area contributed by atoms with E-state index in [2.05, 4.69) is 15.4 Å². The summed E-state index contributed by atoms with van der Waals surface area (Å²) in [5, 5.41) is 5.36. The van der Waals surface area contributed by atoms with Gasteiger partial charge in [-0.05, 0) is 17.2 Å². The first-order chi connectivity index (χ1) is 10.9. The van der Waals surface area contributed by atoms with Crippen LogP contribution in [0, 0.1) is 0 Å². The molecule has 2 heterocycles. The number of ether oxygens (including phenoxy) is 1. The molecule has 0 radical (unpaired) electrons. The smallest absolute Gasteiger partial charge is 0.347 e. The number of halogens is 1. The number of rotatable bonds is 3. The summed E-state index contributed by atoms with van der Waals surface area (Å²) in [5.41, 5.74) is 0.189. The van der Waals surface area contributed by atoms with Gasteiger partial charge in [0.05, 0.1) is 20.2 Å². The fourth-order valence-corrected chi connectivity index (χ4v) is 2.67. The van der Waals surface area contributed by atoms with Crippen molar-refractivity contribution >= 4 is 17.9 Å². The predicted octanol–water partition coefficient (Wildman–Crippen LogP) is 0.336. The Morgan fingerprint density at radius 3 is 2.87 bits per heavy atom. The molecule has 1 fully saturated rings. The molecule has 3 amide bonds. The second-order valence-electron chi connectivity index (χ2n) is 5.65. The van der Waals surface area contributed by atoms with Crippen molar-refractivity contribution in [2.45, 2.75) is 18.8 Å². The van der Waals surface area contributed by atoms with Crippen LogP contribution < -0.4 is 10.6 Å². The average Bonchev–Trinajstić information content (AvgIpc) is 2.89. The van der Waals surface area contributed by atoms with Crippen LogP contribution >= 0.6 is 0 Å². The number of carbonyl (C=O) groups excluding carboxylic acids is 3. The van der Waals surface area contributed by atoms with E-state index in [1.165, 1.54) is 4.90 Å². The summed E-state index contributed by atoms with van der Waals surface area (Å²) in [5.74, 6) is -1.10. The SMILES string of the molecule is COC(=O)C1(F)CN(C(=O)NCc2ccc3c(c2)C(=O)NC3)C1. The Morgan fingerprint density at radius 1 is 1.43 bits per heavy atom. The van der Waals surface area contributed by atoms with E-state index in [-0.39, 0.29) is 25.5 Å². The maximum absolute atomic E-state index is 13.9. The molecule has 0 spiro atoms. The van der Waals surface area contributed by atoms with Crippen molar-refractivity contribution < 1.29 is 23.5 Å². The first-order valence-electron chi connectivity index (χ1n) is 7.13. The van der Waals surface area contributed by atoms with Gasteiger partial charge in [0.1, 0.15) is 0 Å². The summed E-state index contributed by atoms with van der Waals surface area (Å²) in [6, 6.07) is 4.92. The third-order valence-electron chi connectivity index (χ3n) is 4.02. The number of carbonyl (C=O) groups is 3. The Bertz CT molecular complexity index is 685. The van der Waals surface area contributed by atoms with Crippen LogP contribution in [0.3, 0.4) is 0 Å². The van der Waals surface area contributed by atoms with Crippen molar-refractivity contribution in [3.63, 3.8) is 0 Å². The van der Waals surface area contributed by atoms with Gasteiger partial charge >= 0.3 is 12.0 Å². The number of urea groups is 1. The lowest BCUT2D eigenvalue weighted by Crippen LogP contribution is -2.66. The van der Waals surface area contributed by atoms with Crippen LogP contribution in [0.5, 0.6) is 0 Å². The van der Waals surface area contributed by atoms with E-state index in [1.807, 2.05) is 12.1 Å². The number of hydrogen-bond acceptors (Lipinski definition) is 4. The highest BCUT2D eigenvalue weighted by atomic mass is 19.1. The Balaban J connectivity index is 1.54. The zero-order valence-electron chi connectivity index (χ0n) is 12.5. The normalized spacial score (nSPS) is 17.8. The third-order valence-corrected chi connectivity index (χ3v) is 4.02. The molecule has 23 heavy (non-hydrogen) atoms. The predicted molar refractivity (Wildman–Crippen MR) is 77.3 cm³/mol. The monoisotopic (exact) mass is 321 g/mol. The Kier molecular flexibility index (Phi) is 3.67. The third kappa shape index (κ3) is 2.71. The van der Waals surface area contributed by atoms with Crippen LogP contribution in [0.15, 0.2) is 18.2 Å². The molecule has 2 aliphatic heterocycles. The summed E-state index contributed by atoms with van der Waals surface area (Å²) in [6.45, 7) is 0.0876. The van der Waals surface area contributed by atoms with E-state index in [4.69, 9.17) is 0 Å².